The number of pyridine rings is 1. The highest BCUT2D eigenvalue weighted by Gasteiger charge is 2.20. The Kier molecular flexibility index (Phi) is 4.40. The number of nitrogens with zero attached hydrogens (tertiary/aromatic N) is 2. The molecule has 0 radical (unpaired) electrons. The first-order valence-corrected chi connectivity index (χ1v) is 7.96. The second kappa shape index (κ2) is 6.51. The summed E-state index contributed by atoms with van der Waals surface area (Å²) in [6.07, 6.45) is 6.45. The zero-order valence-corrected chi connectivity index (χ0v) is 14.4. The Bertz CT molecular complexity index is 952. The van der Waals surface area contributed by atoms with Crippen LogP contribution in [0.2, 0.25) is 0 Å². The Balaban J connectivity index is 2.00. The van der Waals surface area contributed by atoms with Gasteiger partial charge in [-0.2, -0.15) is 0 Å². The van der Waals surface area contributed by atoms with E-state index in [2.05, 4.69) is 4.98 Å². The molecule has 0 amide bonds. The van der Waals surface area contributed by atoms with Crippen molar-refractivity contribution < 1.29 is 13.9 Å². The lowest BCUT2D eigenvalue weighted by Gasteiger charge is -2.19. The molecule has 0 unspecified atom stereocenters. The third-order valence-corrected chi connectivity index (χ3v) is 3.49. The van der Waals surface area contributed by atoms with Crippen LogP contribution in [0.25, 0.3) is 23.2 Å². The van der Waals surface area contributed by atoms with Gasteiger partial charge in [-0.25, -0.2) is 18.7 Å². The summed E-state index contributed by atoms with van der Waals surface area (Å²) >= 11 is 0. The SMILES string of the molecule is CC(C)(C)OC(=O)n1cc(/C=C/c2cccc(F)c2)c2cccnc21. The van der Waals surface area contributed by atoms with E-state index in [1.807, 2.05) is 39.0 Å². The molecule has 5 heteroatoms. The van der Waals surface area contributed by atoms with E-state index in [0.717, 1.165) is 16.5 Å². The Morgan fingerprint density at radius 1 is 1.20 bits per heavy atom. The number of rotatable bonds is 2. The molecule has 3 rings (SSSR count). The van der Waals surface area contributed by atoms with Gasteiger partial charge in [-0.15, -0.1) is 0 Å². The van der Waals surface area contributed by atoms with Gasteiger partial charge in [0.15, 0.2) is 0 Å². The number of hydrogen-bond donors (Lipinski definition) is 0. The Labute approximate surface area is 145 Å². The lowest BCUT2D eigenvalue weighted by Crippen LogP contribution is -2.26. The summed E-state index contributed by atoms with van der Waals surface area (Å²) in [4.78, 5) is 16.7. The number of hydrogen-bond acceptors (Lipinski definition) is 3. The number of fused-ring (bicyclic) bond motifs is 1. The van der Waals surface area contributed by atoms with Crippen LogP contribution in [0.5, 0.6) is 0 Å². The molecule has 0 N–H and O–H groups in total. The fraction of sp³-hybridized carbons (Fsp3) is 0.200. The van der Waals surface area contributed by atoms with Crippen LogP contribution in [0.3, 0.4) is 0 Å². The minimum absolute atomic E-state index is 0.292. The first kappa shape index (κ1) is 16.9. The van der Waals surface area contributed by atoms with Crippen molar-refractivity contribution in [1.29, 1.82) is 0 Å². The molecule has 0 spiro atoms. The largest absolute Gasteiger partial charge is 0.443 e. The van der Waals surface area contributed by atoms with Crippen LogP contribution >= 0.6 is 0 Å². The number of benzene rings is 1. The highest BCUT2D eigenvalue weighted by atomic mass is 19.1. The van der Waals surface area contributed by atoms with Gasteiger partial charge in [0.25, 0.3) is 0 Å². The van der Waals surface area contributed by atoms with E-state index in [9.17, 15) is 9.18 Å². The van der Waals surface area contributed by atoms with Crippen LogP contribution in [0.1, 0.15) is 31.9 Å². The summed E-state index contributed by atoms with van der Waals surface area (Å²) in [7, 11) is 0. The second-order valence-corrected chi connectivity index (χ2v) is 6.70. The van der Waals surface area contributed by atoms with E-state index >= 15 is 0 Å². The molecule has 0 aliphatic heterocycles. The summed E-state index contributed by atoms with van der Waals surface area (Å²) < 4.78 is 20.1. The number of aromatic nitrogens is 2. The Morgan fingerprint density at radius 2 is 2.00 bits per heavy atom. The number of carbonyl (C=O) groups is 1. The van der Waals surface area contributed by atoms with Crippen LogP contribution in [0, 0.1) is 5.82 Å². The highest BCUT2D eigenvalue weighted by molar-refractivity contribution is 5.95. The molecule has 0 saturated carbocycles. The second-order valence-electron chi connectivity index (χ2n) is 6.70. The van der Waals surface area contributed by atoms with E-state index in [-0.39, 0.29) is 5.82 Å². The maximum atomic E-state index is 13.3. The van der Waals surface area contributed by atoms with Crippen LogP contribution < -0.4 is 0 Å². The normalized spacial score (nSPS) is 12.0. The fourth-order valence-corrected chi connectivity index (χ4v) is 2.46. The molecule has 0 bridgehead atoms. The van der Waals surface area contributed by atoms with Crippen molar-refractivity contribution in [2.24, 2.45) is 0 Å². The first-order valence-electron chi connectivity index (χ1n) is 7.96. The summed E-state index contributed by atoms with van der Waals surface area (Å²) in [5, 5.41) is 0.820. The number of ether oxygens (including phenoxy) is 1. The molecule has 25 heavy (non-hydrogen) atoms. The van der Waals surface area contributed by atoms with E-state index in [1.54, 1.807) is 30.6 Å². The summed E-state index contributed by atoms with van der Waals surface area (Å²) in [5.41, 5.74) is 1.47. The van der Waals surface area contributed by atoms with Gasteiger partial charge in [-0.05, 0) is 50.6 Å². The summed E-state index contributed by atoms with van der Waals surface area (Å²) in [5.74, 6) is -0.292. The maximum absolute atomic E-state index is 13.3. The quantitative estimate of drug-likeness (QED) is 0.651. The van der Waals surface area contributed by atoms with Gasteiger partial charge in [0.2, 0.25) is 0 Å². The summed E-state index contributed by atoms with van der Waals surface area (Å²) in [6, 6.07) is 10.00. The van der Waals surface area contributed by atoms with E-state index in [0.29, 0.717) is 5.65 Å². The van der Waals surface area contributed by atoms with Crippen LogP contribution in [0.15, 0.2) is 48.8 Å². The molecule has 0 fully saturated rings. The van der Waals surface area contributed by atoms with Gasteiger partial charge < -0.3 is 4.74 Å². The third-order valence-electron chi connectivity index (χ3n) is 3.49. The van der Waals surface area contributed by atoms with Crippen molar-refractivity contribution in [2.75, 3.05) is 0 Å². The Morgan fingerprint density at radius 3 is 2.72 bits per heavy atom. The lowest BCUT2D eigenvalue weighted by atomic mass is 10.1. The maximum Gasteiger partial charge on any atom is 0.420 e. The van der Waals surface area contributed by atoms with E-state index in [4.69, 9.17) is 4.74 Å². The highest BCUT2D eigenvalue weighted by Crippen LogP contribution is 2.23. The molecule has 0 aliphatic rings. The zero-order valence-electron chi connectivity index (χ0n) is 14.4. The number of carbonyl (C=O) groups excluding carboxylic acids is 1. The molecular formula is C20H19FN2O2. The van der Waals surface area contributed by atoms with Crippen LogP contribution in [-0.2, 0) is 4.74 Å². The standard InChI is InChI=1S/C20H19FN2O2/c1-20(2,3)25-19(24)23-13-15(17-8-5-11-22-18(17)23)10-9-14-6-4-7-16(21)12-14/h4-13H,1-3H3/b10-9+. The first-order chi connectivity index (χ1) is 11.8. The summed E-state index contributed by atoms with van der Waals surface area (Å²) in [6.45, 7) is 5.44. The Hall–Kier alpha value is -2.95. The molecule has 0 saturated heterocycles. The average Bonchev–Trinajstić information content (AvgIpc) is 2.90. The zero-order chi connectivity index (χ0) is 18.0. The molecule has 0 aliphatic carbocycles. The average molecular weight is 338 g/mol. The predicted octanol–water partition coefficient (Wildman–Crippen LogP) is 5.13. The molecule has 2 aromatic heterocycles. The van der Waals surface area contributed by atoms with Crippen molar-refractivity contribution in [2.45, 2.75) is 26.4 Å². The van der Waals surface area contributed by atoms with E-state index < -0.39 is 11.7 Å². The van der Waals surface area contributed by atoms with Gasteiger partial charge in [-0.3, -0.25) is 0 Å². The molecule has 1 aromatic carbocycles. The van der Waals surface area contributed by atoms with Crippen LogP contribution in [0.4, 0.5) is 9.18 Å². The molecule has 2 heterocycles. The molecule has 128 valence electrons. The van der Waals surface area contributed by atoms with Crippen molar-refractivity contribution in [3.05, 3.63) is 65.7 Å². The molecular weight excluding hydrogens is 319 g/mol. The van der Waals surface area contributed by atoms with E-state index in [1.165, 1.54) is 16.7 Å². The molecule has 4 nitrogen and oxygen atoms in total. The topological polar surface area (TPSA) is 44.1 Å². The van der Waals surface area contributed by atoms with Crippen molar-refractivity contribution in [3.63, 3.8) is 0 Å². The lowest BCUT2D eigenvalue weighted by molar-refractivity contribution is 0.0543. The number of halogens is 1. The van der Waals surface area contributed by atoms with Gasteiger partial charge in [-0.1, -0.05) is 24.3 Å². The monoisotopic (exact) mass is 338 g/mol. The van der Waals surface area contributed by atoms with Crippen molar-refractivity contribution in [1.82, 2.24) is 9.55 Å². The predicted molar refractivity (Wildman–Crippen MR) is 96.7 cm³/mol. The third kappa shape index (κ3) is 3.94. The minimum atomic E-state index is -0.597. The smallest absolute Gasteiger partial charge is 0.420 e. The van der Waals surface area contributed by atoms with Gasteiger partial charge in [0.05, 0.1) is 0 Å². The molecule has 0 atom stereocenters. The van der Waals surface area contributed by atoms with Crippen molar-refractivity contribution in [3.8, 4) is 0 Å². The van der Waals surface area contributed by atoms with Gasteiger partial charge in [0.1, 0.15) is 17.1 Å². The van der Waals surface area contributed by atoms with Gasteiger partial charge in [0, 0.05) is 23.3 Å². The van der Waals surface area contributed by atoms with Crippen LogP contribution in [-0.4, -0.2) is 21.2 Å². The molecule has 3 aromatic rings. The van der Waals surface area contributed by atoms with Crippen molar-refractivity contribution >= 4 is 29.3 Å². The van der Waals surface area contributed by atoms with Gasteiger partial charge >= 0.3 is 6.09 Å². The fourth-order valence-electron chi connectivity index (χ4n) is 2.46. The minimum Gasteiger partial charge on any atom is -0.443 e.